The van der Waals surface area contributed by atoms with Crippen molar-refractivity contribution in [1.82, 2.24) is 4.98 Å². The number of pyridine rings is 1. The number of nitrogens with zero attached hydrogens (tertiary/aromatic N) is 1. The number of rotatable bonds is 1. The molecule has 0 fully saturated rings. The van der Waals surface area contributed by atoms with Gasteiger partial charge < -0.3 is 10.1 Å². The molecule has 0 saturated heterocycles. The molecule has 3 rings (SSSR count). The third-order valence-corrected chi connectivity index (χ3v) is 3.31. The molecule has 110 valence electrons. The average Bonchev–Trinajstić information content (AvgIpc) is 2.46. The predicted molar refractivity (Wildman–Crippen MR) is 73.4 cm³/mol. The number of halogens is 3. The first-order valence-corrected chi connectivity index (χ1v) is 6.51. The van der Waals surface area contributed by atoms with Crippen LogP contribution in [0.15, 0.2) is 30.3 Å². The number of hydrogen-bond donors (Lipinski definition) is 1. The highest BCUT2D eigenvalue weighted by atomic mass is 19.4. The van der Waals surface area contributed by atoms with Gasteiger partial charge in [0.05, 0.1) is 11.3 Å². The van der Waals surface area contributed by atoms with Crippen molar-refractivity contribution in [2.24, 2.45) is 0 Å². The summed E-state index contributed by atoms with van der Waals surface area (Å²) >= 11 is 0. The molecule has 21 heavy (non-hydrogen) atoms. The Morgan fingerprint density at radius 3 is 2.81 bits per heavy atom. The maximum Gasteiger partial charge on any atom is 0.416 e. The second kappa shape index (κ2) is 4.95. The standard InChI is InChI=1S/C15H13F3N2O/c1-9-7-12(20-14-13(9)19-5-6-21-14)10-3-2-4-11(8-10)15(16,17)18/h2-4,7-8,19H,5-6H2,1H3. The lowest BCUT2D eigenvalue weighted by atomic mass is 10.1. The van der Waals surface area contributed by atoms with Crippen LogP contribution in [0.5, 0.6) is 5.88 Å². The lowest BCUT2D eigenvalue weighted by Crippen LogP contribution is -2.20. The van der Waals surface area contributed by atoms with Crippen molar-refractivity contribution in [3.8, 4) is 17.1 Å². The maximum atomic E-state index is 12.8. The Labute approximate surface area is 119 Å². The molecule has 1 N–H and O–H groups in total. The van der Waals surface area contributed by atoms with Crippen LogP contribution in [0, 0.1) is 6.92 Å². The smallest absolute Gasteiger partial charge is 0.416 e. The second-order valence-corrected chi connectivity index (χ2v) is 4.86. The van der Waals surface area contributed by atoms with Crippen molar-refractivity contribution in [2.75, 3.05) is 18.5 Å². The van der Waals surface area contributed by atoms with Gasteiger partial charge >= 0.3 is 6.18 Å². The molecule has 0 saturated carbocycles. The van der Waals surface area contributed by atoms with Gasteiger partial charge in [0.15, 0.2) is 0 Å². The van der Waals surface area contributed by atoms with Crippen LogP contribution in [0.1, 0.15) is 11.1 Å². The van der Waals surface area contributed by atoms with Crippen LogP contribution < -0.4 is 10.1 Å². The van der Waals surface area contributed by atoms with E-state index in [-0.39, 0.29) is 0 Å². The Kier molecular flexibility index (Phi) is 3.23. The van der Waals surface area contributed by atoms with Crippen molar-refractivity contribution in [3.63, 3.8) is 0 Å². The van der Waals surface area contributed by atoms with Gasteiger partial charge in [-0.2, -0.15) is 13.2 Å². The minimum atomic E-state index is -4.36. The summed E-state index contributed by atoms with van der Waals surface area (Å²) in [5, 5.41) is 3.18. The predicted octanol–water partition coefficient (Wildman–Crippen LogP) is 3.88. The molecular weight excluding hydrogens is 281 g/mol. The quantitative estimate of drug-likeness (QED) is 0.866. The number of nitrogens with one attached hydrogen (secondary N) is 1. The molecule has 1 aromatic heterocycles. The zero-order chi connectivity index (χ0) is 15.0. The number of hydrogen-bond acceptors (Lipinski definition) is 3. The molecule has 0 aliphatic carbocycles. The summed E-state index contributed by atoms with van der Waals surface area (Å²) < 4.78 is 43.8. The summed E-state index contributed by atoms with van der Waals surface area (Å²) in [4.78, 5) is 4.32. The van der Waals surface area contributed by atoms with E-state index in [1.165, 1.54) is 6.07 Å². The fourth-order valence-corrected chi connectivity index (χ4v) is 2.29. The minimum absolute atomic E-state index is 0.421. The number of ether oxygens (including phenoxy) is 1. The van der Waals surface area contributed by atoms with Crippen molar-refractivity contribution >= 4 is 5.69 Å². The summed E-state index contributed by atoms with van der Waals surface area (Å²) in [5.74, 6) is 0.439. The van der Waals surface area contributed by atoms with Gasteiger partial charge in [0.2, 0.25) is 5.88 Å². The van der Waals surface area contributed by atoms with E-state index >= 15 is 0 Å². The largest absolute Gasteiger partial charge is 0.474 e. The van der Waals surface area contributed by atoms with E-state index in [0.717, 1.165) is 23.4 Å². The van der Waals surface area contributed by atoms with Gasteiger partial charge in [-0.05, 0) is 30.7 Å². The van der Waals surface area contributed by atoms with Gasteiger partial charge in [-0.15, -0.1) is 0 Å². The van der Waals surface area contributed by atoms with Crippen molar-refractivity contribution < 1.29 is 17.9 Å². The molecular formula is C15H13F3N2O. The Morgan fingerprint density at radius 1 is 1.24 bits per heavy atom. The molecule has 3 nitrogen and oxygen atoms in total. The molecule has 0 bridgehead atoms. The summed E-state index contributed by atoms with van der Waals surface area (Å²) in [7, 11) is 0. The van der Waals surface area contributed by atoms with Gasteiger partial charge in [-0.25, -0.2) is 4.98 Å². The number of alkyl halides is 3. The van der Waals surface area contributed by atoms with Crippen LogP contribution in [-0.4, -0.2) is 18.1 Å². The first-order chi connectivity index (χ1) is 9.95. The number of fused-ring (bicyclic) bond motifs is 1. The average molecular weight is 294 g/mol. The van der Waals surface area contributed by atoms with E-state index < -0.39 is 11.7 Å². The van der Waals surface area contributed by atoms with Crippen LogP contribution in [0.2, 0.25) is 0 Å². The Bertz CT molecular complexity index is 683. The highest BCUT2D eigenvalue weighted by Crippen LogP contribution is 2.35. The van der Waals surface area contributed by atoms with Crippen molar-refractivity contribution in [3.05, 3.63) is 41.5 Å². The van der Waals surface area contributed by atoms with Gasteiger partial charge in [0, 0.05) is 12.1 Å². The molecule has 1 aliphatic heterocycles. The van der Waals surface area contributed by atoms with E-state index in [1.807, 2.05) is 6.92 Å². The molecule has 0 spiro atoms. The Balaban J connectivity index is 2.07. The van der Waals surface area contributed by atoms with Gasteiger partial charge in [-0.3, -0.25) is 0 Å². The molecule has 0 amide bonds. The van der Waals surface area contributed by atoms with Crippen LogP contribution >= 0.6 is 0 Å². The maximum absolute atomic E-state index is 12.8. The molecule has 0 atom stereocenters. The molecule has 2 heterocycles. The lowest BCUT2D eigenvalue weighted by Gasteiger charge is -2.21. The van der Waals surface area contributed by atoms with E-state index in [1.54, 1.807) is 12.1 Å². The Morgan fingerprint density at radius 2 is 2.05 bits per heavy atom. The lowest BCUT2D eigenvalue weighted by molar-refractivity contribution is -0.137. The van der Waals surface area contributed by atoms with Crippen LogP contribution in [0.25, 0.3) is 11.3 Å². The van der Waals surface area contributed by atoms with Crippen LogP contribution in [0.3, 0.4) is 0 Å². The minimum Gasteiger partial charge on any atom is -0.474 e. The summed E-state index contributed by atoms with van der Waals surface area (Å²) in [6.07, 6.45) is -4.36. The van der Waals surface area contributed by atoms with Gasteiger partial charge in [-0.1, -0.05) is 12.1 Å². The Hall–Kier alpha value is -2.24. The fraction of sp³-hybridized carbons (Fsp3) is 0.267. The second-order valence-electron chi connectivity index (χ2n) is 4.86. The van der Waals surface area contributed by atoms with E-state index in [4.69, 9.17) is 4.74 Å². The van der Waals surface area contributed by atoms with Gasteiger partial charge in [0.25, 0.3) is 0 Å². The van der Waals surface area contributed by atoms with Gasteiger partial charge in [0.1, 0.15) is 12.3 Å². The number of aromatic nitrogens is 1. The third-order valence-electron chi connectivity index (χ3n) is 3.31. The van der Waals surface area contributed by atoms with E-state index in [2.05, 4.69) is 10.3 Å². The molecule has 6 heteroatoms. The highest BCUT2D eigenvalue weighted by molar-refractivity contribution is 5.69. The normalized spacial score (nSPS) is 14.1. The molecule has 0 radical (unpaired) electrons. The summed E-state index contributed by atoms with van der Waals surface area (Å²) in [6, 6.07) is 6.90. The fourth-order valence-electron chi connectivity index (χ4n) is 2.29. The highest BCUT2D eigenvalue weighted by Gasteiger charge is 2.30. The van der Waals surface area contributed by atoms with Crippen LogP contribution in [-0.2, 0) is 6.18 Å². The number of aryl methyl sites for hydroxylation is 1. The SMILES string of the molecule is Cc1cc(-c2cccc(C(F)(F)F)c2)nc2c1NCCO2. The number of benzene rings is 1. The molecule has 0 unspecified atom stereocenters. The topological polar surface area (TPSA) is 34.2 Å². The van der Waals surface area contributed by atoms with Crippen LogP contribution in [0.4, 0.5) is 18.9 Å². The zero-order valence-electron chi connectivity index (χ0n) is 11.3. The van der Waals surface area contributed by atoms with E-state index in [0.29, 0.717) is 30.3 Å². The first kappa shape index (κ1) is 13.7. The zero-order valence-corrected chi connectivity index (χ0v) is 11.3. The summed E-state index contributed by atoms with van der Waals surface area (Å²) in [6.45, 7) is 3.06. The molecule has 1 aliphatic rings. The van der Waals surface area contributed by atoms with Crippen molar-refractivity contribution in [1.29, 1.82) is 0 Å². The first-order valence-electron chi connectivity index (χ1n) is 6.51. The van der Waals surface area contributed by atoms with Crippen molar-refractivity contribution in [2.45, 2.75) is 13.1 Å². The van der Waals surface area contributed by atoms with E-state index in [9.17, 15) is 13.2 Å². The molecule has 2 aromatic rings. The summed E-state index contributed by atoms with van der Waals surface area (Å²) in [5.41, 5.74) is 1.91. The number of anilines is 1. The third kappa shape index (κ3) is 2.66. The monoisotopic (exact) mass is 294 g/mol. The molecule has 1 aromatic carbocycles.